The zero-order valence-corrected chi connectivity index (χ0v) is 19.4. The molecule has 6 nitrogen and oxygen atoms in total. The molecule has 0 aliphatic carbocycles. The van der Waals surface area contributed by atoms with Gasteiger partial charge < -0.3 is 14.2 Å². The van der Waals surface area contributed by atoms with Crippen molar-refractivity contribution in [2.24, 2.45) is 0 Å². The summed E-state index contributed by atoms with van der Waals surface area (Å²) < 4.78 is 31.0. The molecule has 0 bridgehead atoms. The topological polar surface area (TPSA) is 70.8 Å². The van der Waals surface area contributed by atoms with Crippen LogP contribution in [0, 0.1) is 13.8 Å². The summed E-state index contributed by atoms with van der Waals surface area (Å²) in [6.07, 6.45) is 0. The molecule has 1 amide bonds. The Labute approximate surface area is 189 Å². The van der Waals surface area contributed by atoms with Crippen LogP contribution in [0.4, 0.5) is 5.69 Å². The molecule has 0 saturated carbocycles. The van der Waals surface area contributed by atoms with Gasteiger partial charge in [0.25, 0.3) is 5.91 Å². The van der Waals surface area contributed by atoms with Gasteiger partial charge in [0.1, 0.15) is 11.5 Å². The number of rotatable bonds is 5. The molecule has 1 atom stereocenters. The van der Waals surface area contributed by atoms with E-state index >= 15 is 0 Å². The van der Waals surface area contributed by atoms with Crippen molar-refractivity contribution < 1.29 is 17.6 Å². The number of anilines is 1. The van der Waals surface area contributed by atoms with Crippen molar-refractivity contribution in [3.8, 4) is 0 Å². The van der Waals surface area contributed by atoms with Crippen molar-refractivity contribution in [2.45, 2.75) is 37.5 Å². The Kier molecular flexibility index (Phi) is 6.11. The van der Waals surface area contributed by atoms with Gasteiger partial charge in [-0.3, -0.25) is 4.79 Å². The predicted molar refractivity (Wildman–Crippen MR) is 125 cm³/mol. The Morgan fingerprint density at radius 3 is 2.44 bits per heavy atom. The quantitative estimate of drug-likeness (QED) is 0.580. The van der Waals surface area contributed by atoms with E-state index in [1.807, 2.05) is 13.0 Å². The number of carbonyl (C=O) groups excluding carboxylic acids is 1. The van der Waals surface area contributed by atoms with Crippen molar-refractivity contribution >= 4 is 21.4 Å². The van der Waals surface area contributed by atoms with E-state index in [4.69, 9.17) is 4.42 Å². The van der Waals surface area contributed by atoms with Crippen LogP contribution in [0.2, 0.25) is 0 Å². The van der Waals surface area contributed by atoms with Crippen LogP contribution in [0.15, 0.2) is 70.0 Å². The van der Waals surface area contributed by atoms with Crippen molar-refractivity contribution in [2.75, 3.05) is 24.5 Å². The molecular formula is C25H28N2O4S. The number of hydrogen-bond donors (Lipinski definition) is 0. The fourth-order valence-electron chi connectivity index (χ4n) is 4.07. The zero-order chi connectivity index (χ0) is 22.9. The van der Waals surface area contributed by atoms with Crippen molar-refractivity contribution in [3.63, 3.8) is 0 Å². The van der Waals surface area contributed by atoms with Gasteiger partial charge in [0.2, 0.25) is 0 Å². The lowest BCUT2D eigenvalue weighted by Crippen LogP contribution is -2.53. The molecular weight excluding hydrogens is 424 g/mol. The second-order valence-electron chi connectivity index (χ2n) is 8.47. The maximum absolute atomic E-state index is 13.0. The van der Waals surface area contributed by atoms with E-state index in [-0.39, 0.29) is 34.1 Å². The summed E-state index contributed by atoms with van der Waals surface area (Å²) in [6, 6.07) is 18.4. The monoisotopic (exact) mass is 452 g/mol. The van der Waals surface area contributed by atoms with Crippen molar-refractivity contribution in [1.82, 2.24) is 4.90 Å². The fraction of sp³-hybridized carbons (Fsp3) is 0.320. The number of hydrogen-bond acceptors (Lipinski definition) is 5. The highest BCUT2D eigenvalue weighted by Gasteiger charge is 2.29. The standard InChI is InChI=1S/C25H28N2O4S/c1-18-7-10-23(11-8-18)32(29,30)17-22-9-12-24(31-22)25(28)26-13-14-27(20(3)16-26)21-6-4-5-19(2)15-21/h4-12,15,20H,13-14,16-17H2,1-3H3. The number of piperazine rings is 1. The van der Waals surface area contributed by atoms with Crippen LogP contribution in [-0.4, -0.2) is 44.9 Å². The minimum Gasteiger partial charge on any atom is -0.455 e. The van der Waals surface area contributed by atoms with Crippen LogP contribution in [0.3, 0.4) is 0 Å². The van der Waals surface area contributed by atoms with Gasteiger partial charge in [-0.2, -0.15) is 0 Å². The van der Waals surface area contributed by atoms with Gasteiger partial charge in [-0.1, -0.05) is 29.8 Å². The lowest BCUT2D eigenvalue weighted by atomic mass is 10.1. The third-order valence-corrected chi connectivity index (χ3v) is 7.49. The molecule has 2 aromatic carbocycles. The van der Waals surface area contributed by atoms with Gasteiger partial charge in [0, 0.05) is 31.4 Å². The minimum atomic E-state index is -3.54. The second-order valence-corrected chi connectivity index (χ2v) is 10.5. The van der Waals surface area contributed by atoms with Gasteiger partial charge in [0.15, 0.2) is 15.6 Å². The molecule has 1 aliphatic heterocycles. The Balaban J connectivity index is 1.42. The number of sulfone groups is 1. The normalized spacial score (nSPS) is 16.9. The molecule has 3 aromatic rings. The average Bonchev–Trinajstić information content (AvgIpc) is 3.21. The largest absolute Gasteiger partial charge is 0.455 e. The van der Waals surface area contributed by atoms with Crippen molar-refractivity contribution in [3.05, 3.63) is 83.3 Å². The SMILES string of the molecule is Cc1ccc(S(=O)(=O)Cc2ccc(C(=O)N3CCN(c4cccc(C)c4)C(C)C3)o2)cc1. The molecule has 32 heavy (non-hydrogen) atoms. The molecule has 0 N–H and O–H groups in total. The molecule has 1 unspecified atom stereocenters. The van der Waals surface area contributed by atoms with Crippen LogP contribution in [-0.2, 0) is 15.6 Å². The molecule has 0 spiro atoms. The van der Waals surface area contributed by atoms with E-state index in [0.29, 0.717) is 13.1 Å². The Morgan fingerprint density at radius 1 is 1.00 bits per heavy atom. The second kappa shape index (κ2) is 8.82. The first kappa shape index (κ1) is 22.1. The number of carbonyl (C=O) groups is 1. The van der Waals surface area contributed by atoms with Crippen LogP contribution in [0.5, 0.6) is 0 Å². The maximum Gasteiger partial charge on any atom is 0.289 e. The lowest BCUT2D eigenvalue weighted by Gasteiger charge is -2.41. The third-order valence-electron chi connectivity index (χ3n) is 5.83. The van der Waals surface area contributed by atoms with E-state index in [1.54, 1.807) is 41.3 Å². The molecule has 1 saturated heterocycles. The Hall–Kier alpha value is -3.06. The highest BCUT2D eigenvalue weighted by molar-refractivity contribution is 7.90. The maximum atomic E-state index is 13.0. The van der Waals surface area contributed by atoms with E-state index in [0.717, 1.165) is 17.8 Å². The smallest absolute Gasteiger partial charge is 0.289 e. The summed E-state index contributed by atoms with van der Waals surface area (Å²) in [5.74, 6) is -0.0450. The number of nitrogens with zero attached hydrogens (tertiary/aromatic N) is 2. The predicted octanol–water partition coefficient (Wildman–Crippen LogP) is 4.22. The number of benzene rings is 2. The summed E-state index contributed by atoms with van der Waals surface area (Å²) in [5.41, 5.74) is 3.36. The zero-order valence-electron chi connectivity index (χ0n) is 18.6. The molecule has 168 valence electrons. The number of aryl methyl sites for hydroxylation is 2. The first-order valence-electron chi connectivity index (χ1n) is 10.7. The summed E-state index contributed by atoms with van der Waals surface area (Å²) >= 11 is 0. The third kappa shape index (κ3) is 4.72. The van der Waals surface area contributed by atoms with Gasteiger partial charge in [0.05, 0.1) is 4.90 Å². The van der Waals surface area contributed by atoms with Gasteiger partial charge in [-0.25, -0.2) is 8.42 Å². The molecule has 4 rings (SSSR count). The van der Waals surface area contributed by atoms with Crippen molar-refractivity contribution in [1.29, 1.82) is 0 Å². The van der Waals surface area contributed by atoms with E-state index in [9.17, 15) is 13.2 Å². The molecule has 0 radical (unpaired) electrons. The average molecular weight is 453 g/mol. The van der Waals surface area contributed by atoms with Crippen LogP contribution >= 0.6 is 0 Å². The van der Waals surface area contributed by atoms with E-state index < -0.39 is 9.84 Å². The van der Waals surface area contributed by atoms with Gasteiger partial charge in [-0.05, 0) is 62.7 Å². The van der Waals surface area contributed by atoms with Crippen LogP contribution in [0.1, 0.15) is 34.4 Å². The Bertz CT molecular complexity index is 1210. The summed E-state index contributed by atoms with van der Waals surface area (Å²) in [5, 5.41) is 0. The first-order chi connectivity index (χ1) is 15.2. The highest BCUT2D eigenvalue weighted by Crippen LogP contribution is 2.24. The summed E-state index contributed by atoms with van der Waals surface area (Å²) in [4.78, 5) is 17.3. The van der Waals surface area contributed by atoms with E-state index in [2.05, 4.69) is 36.9 Å². The van der Waals surface area contributed by atoms with Gasteiger partial charge in [-0.15, -0.1) is 0 Å². The summed E-state index contributed by atoms with van der Waals surface area (Å²) in [7, 11) is -3.54. The first-order valence-corrected chi connectivity index (χ1v) is 12.4. The van der Waals surface area contributed by atoms with Crippen LogP contribution in [0.25, 0.3) is 0 Å². The van der Waals surface area contributed by atoms with Gasteiger partial charge >= 0.3 is 0 Å². The highest BCUT2D eigenvalue weighted by atomic mass is 32.2. The Morgan fingerprint density at radius 2 is 1.75 bits per heavy atom. The van der Waals surface area contributed by atoms with E-state index in [1.165, 1.54) is 5.56 Å². The van der Waals surface area contributed by atoms with Crippen LogP contribution < -0.4 is 4.90 Å². The molecule has 1 aliphatic rings. The lowest BCUT2D eigenvalue weighted by molar-refractivity contribution is 0.0692. The molecule has 2 heterocycles. The fourth-order valence-corrected chi connectivity index (χ4v) is 5.32. The molecule has 1 aromatic heterocycles. The number of amides is 1. The molecule has 7 heteroatoms. The molecule has 1 fully saturated rings. The minimum absolute atomic E-state index is 0.158. The summed E-state index contributed by atoms with van der Waals surface area (Å²) in [6.45, 7) is 7.96. The number of furan rings is 1.